The molecule has 2 N–H and O–H groups in total. The average molecular weight is 384 g/mol. The van der Waals surface area contributed by atoms with Crippen LogP contribution < -0.4 is 10.1 Å². The van der Waals surface area contributed by atoms with Gasteiger partial charge in [0.05, 0.1) is 6.61 Å². The lowest BCUT2D eigenvalue weighted by molar-refractivity contribution is -0.137. The molecule has 148 valence electrons. The molecule has 0 radical (unpaired) electrons. The average Bonchev–Trinajstić information content (AvgIpc) is 2.70. The van der Waals surface area contributed by atoms with Crippen LogP contribution in [0.1, 0.15) is 54.6 Å². The molecule has 0 heterocycles. The van der Waals surface area contributed by atoms with E-state index in [1.807, 2.05) is 0 Å². The Morgan fingerprint density at radius 3 is 2.36 bits per heavy atom. The molecule has 0 saturated heterocycles. The molecule has 1 amide bonds. The molecule has 2 rings (SSSR count). The first-order chi connectivity index (χ1) is 13.5. The zero-order valence-electron chi connectivity index (χ0n) is 15.8. The molecule has 0 spiro atoms. The lowest BCUT2D eigenvalue weighted by Crippen LogP contribution is -2.12. The van der Waals surface area contributed by atoms with E-state index in [4.69, 9.17) is 9.84 Å². The zero-order valence-corrected chi connectivity index (χ0v) is 15.8. The molecule has 0 aliphatic carbocycles. The van der Waals surface area contributed by atoms with Gasteiger partial charge in [0.15, 0.2) is 0 Å². The Morgan fingerprint density at radius 2 is 1.79 bits per heavy atom. The van der Waals surface area contributed by atoms with Crippen LogP contribution in [0.25, 0.3) is 0 Å². The van der Waals surface area contributed by atoms with Gasteiger partial charge in [0.2, 0.25) is 0 Å². The molecule has 0 fully saturated rings. The lowest BCUT2D eigenvalue weighted by atomic mass is 10.0. The van der Waals surface area contributed by atoms with Gasteiger partial charge in [-0.15, -0.1) is 0 Å². The summed E-state index contributed by atoms with van der Waals surface area (Å²) in [6.45, 7) is 2.74. The normalized spacial score (nSPS) is 11.5. The van der Waals surface area contributed by atoms with Crippen LogP contribution in [0.3, 0.4) is 0 Å². The Morgan fingerprint density at radius 1 is 1.11 bits per heavy atom. The minimum Gasteiger partial charge on any atom is -0.494 e. The van der Waals surface area contributed by atoms with E-state index in [0.717, 1.165) is 18.6 Å². The summed E-state index contributed by atoms with van der Waals surface area (Å²) in [5.74, 6) is -0.508. The molecular formula is C21H24N2O5. The second-order valence-corrected chi connectivity index (χ2v) is 6.36. The molecule has 2 aromatic carbocycles. The summed E-state index contributed by atoms with van der Waals surface area (Å²) < 4.78 is 5.58. The SMILES string of the molecule is CCCCOc1ccc(C(=O)Nc2ccc(C(CCC(=O)O)N=O)cc2)cc1. The van der Waals surface area contributed by atoms with Gasteiger partial charge in [-0.3, -0.25) is 9.59 Å². The van der Waals surface area contributed by atoms with Crippen LogP contribution in [0, 0.1) is 4.91 Å². The molecule has 1 unspecified atom stereocenters. The Labute approximate surface area is 163 Å². The molecule has 1 atom stereocenters. The van der Waals surface area contributed by atoms with Crippen molar-refractivity contribution in [2.24, 2.45) is 5.18 Å². The van der Waals surface area contributed by atoms with Crippen LogP contribution in [-0.2, 0) is 4.79 Å². The van der Waals surface area contributed by atoms with E-state index in [9.17, 15) is 14.5 Å². The number of nitroso groups, excluding NO2 is 1. The predicted octanol–water partition coefficient (Wildman–Crippen LogP) is 4.79. The van der Waals surface area contributed by atoms with Crippen LogP contribution >= 0.6 is 0 Å². The highest BCUT2D eigenvalue weighted by atomic mass is 16.5. The molecule has 0 aliphatic heterocycles. The largest absolute Gasteiger partial charge is 0.494 e. The van der Waals surface area contributed by atoms with Crippen LogP contribution in [0.15, 0.2) is 53.7 Å². The maximum atomic E-state index is 12.4. The minimum atomic E-state index is -0.973. The second kappa shape index (κ2) is 10.8. The number of nitrogens with one attached hydrogen (secondary N) is 1. The highest BCUT2D eigenvalue weighted by molar-refractivity contribution is 6.04. The first kappa shape index (κ1) is 21.1. The number of amides is 1. The van der Waals surface area contributed by atoms with Crippen LogP contribution in [0.2, 0.25) is 0 Å². The summed E-state index contributed by atoms with van der Waals surface area (Å²) >= 11 is 0. The summed E-state index contributed by atoms with van der Waals surface area (Å²) in [6.07, 6.45) is 2.04. The molecule has 7 nitrogen and oxygen atoms in total. The van der Waals surface area contributed by atoms with Crippen molar-refractivity contribution >= 4 is 17.6 Å². The number of nitrogens with zero attached hydrogens (tertiary/aromatic N) is 1. The topological polar surface area (TPSA) is 105 Å². The van der Waals surface area contributed by atoms with Gasteiger partial charge in [-0.2, -0.15) is 4.91 Å². The molecule has 2 aromatic rings. The summed E-state index contributed by atoms with van der Waals surface area (Å²) in [6, 6.07) is 12.8. The number of carboxylic acids is 1. The van der Waals surface area contributed by atoms with E-state index in [-0.39, 0.29) is 18.7 Å². The van der Waals surface area contributed by atoms with Crippen LogP contribution in [0.5, 0.6) is 5.75 Å². The maximum Gasteiger partial charge on any atom is 0.303 e. The van der Waals surface area contributed by atoms with Gasteiger partial charge < -0.3 is 15.2 Å². The Hall–Kier alpha value is -3.22. The maximum absolute atomic E-state index is 12.4. The van der Waals surface area contributed by atoms with Gasteiger partial charge in [0, 0.05) is 17.7 Å². The van der Waals surface area contributed by atoms with Crippen molar-refractivity contribution in [2.75, 3.05) is 11.9 Å². The first-order valence-corrected chi connectivity index (χ1v) is 9.22. The molecule has 0 aromatic heterocycles. The Kier molecular flexibility index (Phi) is 8.14. The van der Waals surface area contributed by atoms with Crippen molar-refractivity contribution in [1.82, 2.24) is 0 Å². The smallest absolute Gasteiger partial charge is 0.303 e. The highest BCUT2D eigenvalue weighted by Gasteiger charge is 2.14. The van der Waals surface area contributed by atoms with Crippen LogP contribution in [-0.4, -0.2) is 23.6 Å². The highest BCUT2D eigenvalue weighted by Crippen LogP contribution is 2.24. The van der Waals surface area contributed by atoms with Gasteiger partial charge in [-0.1, -0.05) is 30.7 Å². The molecule has 28 heavy (non-hydrogen) atoms. The quantitative estimate of drug-likeness (QED) is 0.428. The number of hydrogen-bond donors (Lipinski definition) is 2. The number of aliphatic carboxylic acids is 1. The molecule has 0 saturated carbocycles. The van der Waals surface area contributed by atoms with Gasteiger partial charge in [-0.25, -0.2) is 0 Å². The second-order valence-electron chi connectivity index (χ2n) is 6.36. The third-order valence-electron chi connectivity index (χ3n) is 4.20. The van der Waals surface area contributed by atoms with Crippen molar-refractivity contribution in [3.63, 3.8) is 0 Å². The number of benzene rings is 2. The summed E-state index contributed by atoms with van der Waals surface area (Å²) in [4.78, 5) is 34.0. The van der Waals surface area contributed by atoms with E-state index in [2.05, 4.69) is 17.4 Å². The number of ether oxygens (including phenoxy) is 1. The van der Waals surface area contributed by atoms with Gasteiger partial charge >= 0.3 is 5.97 Å². The fourth-order valence-electron chi connectivity index (χ4n) is 2.57. The molecular weight excluding hydrogens is 360 g/mol. The van der Waals surface area contributed by atoms with Crippen molar-refractivity contribution in [1.29, 1.82) is 0 Å². The monoisotopic (exact) mass is 384 g/mol. The van der Waals surface area contributed by atoms with Crippen molar-refractivity contribution in [2.45, 2.75) is 38.6 Å². The van der Waals surface area contributed by atoms with Crippen LogP contribution in [0.4, 0.5) is 5.69 Å². The van der Waals surface area contributed by atoms with Crippen molar-refractivity contribution in [3.8, 4) is 5.75 Å². The molecule has 7 heteroatoms. The van der Waals surface area contributed by atoms with Crippen molar-refractivity contribution in [3.05, 3.63) is 64.6 Å². The van der Waals surface area contributed by atoms with Gasteiger partial charge in [0.1, 0.15) is 11.8 Å². The fraction of sp³-hybridized carbons (Fsp3) is 0.333. The third-order valence-corrected chi connectivity index (χ3v) is 4.20. The first-order valence-electron chi connectivity index (χ1n) is 9.22. The van der Waals surface area contributed by atoms with Gasteiger partial charge in [-0.05, 0) is 54.8 Å². The Bertz CT molecular complexity index is 787. The number of rotatable bonds is 11. The standard InChI is InChI=1S/C21H24N2O5/c1-2-3-14-28-18-10-6-16(7-11-18)21(26)22-17-8-4-15(5-9-17)19(23-27)12-13-20(24)25/h4-11,19H,2-3,12-14H2,1H3,(H,22,26)(H,24,25). The van der Waals surface area contributed by atoms with E-state index in [1.54, 1.807) is 48.5 Å². The van der Waals surface area contributed by atoms with E-state index in [0.29, 0.717) is 23.4 Å². The zero-order chi connectivity index (χ0) is 20.4. The Balaban J connectivity index is 1.94. The fourth-order valence-corrected chi connectivity index (χ4v) is 2.57. The number of carboxylic acid groups (broad SMARTS) is 1. The summed E-state index contributed by atoms with van der Waals surface area (Å²) in [5, 5.41) is 14.5. The third kappa shape index (κ3) is 6.50. The van der Waals surface area contributed by atoms with E-state index in [1.165, 1.54) is 0 Å². The lowest BCUT2D eigenvalue weighted by Gasteiger charge is -2.10. The molecule has 0 aliphatic rings. The number of unbranched alkanes of at least 4 members (excludes halogenated alkanes) is 1. The number of hydrogen-bond acceptors (Lipinski definition) is 5. The predicted molar refractivity (Wildman–Crippen MR) is 107 cm³/mol. The molecule has 0 bridgehead atoms. The van der Waals surface area contributed by atoms with Crippen molar-refractivity contribution < 1.29 is 19.4 Å². The summed E-state index contributed by atoms with van der Waals surface area (Å²) in [7, 11) is 0. The van der Waals surface area contributed by atoms with E-state index >= 15 is 0 Å². The van der Waals surface area contributed by atoms with Gasteiger partial charge in [0.25, 0.3) is 5.91 Å². The number of carbonyl (C=O) groups is 2. The number of anilines is 1. The number of carbonyl (C=O) groups excluding carboxylic acids is 1. The summed E-state index contributed by atoms with van der Waals surface area (Å²) in [5.41, 5.74) is 1.68. The minimum absolute atomic E-state index is 0.132. The van der Waals surface area contributed by atoms with E-state index < -0.39 is 12.0 Å².